The molecule has 1 atom stereocenters. The second-order valence-corrected chi connectivity index (χ2v) is 5.21. The SMILES string of the molecule is C=CC(=O)NCc1ccc(C(=O)OCC2CCCCO2)cc1. The maximum Gasteiger partial charge on any atom is 0.338 e. The van der Waals surface area contributed by atoms with Gasteiger partial charge in [-0.05, 0) is 43.0 Å². The van der Waals surface area contributed by atoms with Gasteiger partial charge in [-0.15, -0.1) is 0 Å². The molecule has 0 aromatic heterocycles. The average Bonchev–Trinajstić information content (AvgIpc) is 2.59. The molecule has 1 N–H and O–H groups in total. The first-order valence-corrected chi connectivity index (χ1v) is 7.47. The lowest BCUT2D eigenvalue weighted by Gasteiger charge is -2.22. The second-order valence-electron chi connectivity index (χ2n) is 5.21. The van der Waals surface area contributed by atoms with Crippen LogP contribution in [0.1, 0.15) is 35.2 Å². The molecule has 1 amide bonds. The Morgan fingerprint density at radius 1 is 1.32 bits per heavy atom. The fraction of sp³-hybridized carbons (Fsp3) is 0.412. The Balaban J connectivity index is 1.79. The summed E-state index contributed by atoms with van der Waals surface area (Å²) < 4.78 is 10.8. The molecule has 0 radical (unpaired) electrons. The minimum atomic E-state index is -0.351. The van der Waals surface area contributed by atoms with Crippen molar-refractivity contribution in [3.8, 4) is 0 Å². The predicted octanol–water partition coefficient (Wildman–Crippen LogP) is 2.21. The predicted molar refractivity (Wildman–Crippen MR) is 82.4 cm³/mol. The Kier molecular flexibility index (Phi) is 6.15. The van der Waals surface area contributed by atoms with Gasteiger partial charge in [-0.25, -0.2) is 4.79 Å². The van der Waals surface area contributed by atoms with E-state index in [-0.39, 0.29) is 18.0 Å². The van der Waals surface area contributed by atoms with Crippen LogP contribution >= 0.6 is 0 Å². The van der Waals surface area contributed by atoms with E-state index in [4.69, 9.17) is 9.47 Å². The van der Waals surface area contributed by atoms with Crippen molar-refractivity contribution in [2.45, 2.75) is 31.9 Å². The number of benzene rings is 1. The lowest BCUT2D eigenvalue weighted by Crippen LogP contribution is -2.26. The van der Waals surface area contributed by atoms with Crippen molar-refractivity contribution in [2.24, 2.45) is 0 Å². The summed E-state index contributed by atoms with van der Waals surface area (Å²) in [7, 11) is 0. The van der Waals surface area contributed by atoms with Crippen molar-refractivity contribution in [2.75, 3.05) is 13.2 Å². The van der Waals surface area contributed by atoms with Crippen molar-refractivity contribution in [1.82, 2.24) is 5.32 Å². The van der Waals surface area contributed by atoms with Gasteiger partial charge in [-0.2, -0.15) is 0 Å². The Bertz CT molecular complexity index is 518. The fourth-order valence-corrected chi connectivity index (χ4v) is 2.21. The molecule has 0 saturated carbocycles. The molecule has 1 aromatic carbocycles. The number of hydrogen-bond acceptors (Lipinski definition) is 4. The molecule has 0 bridgehead atoms. The largest absolute Gasteiger partial charge is 0.459 e. The van der Waals surface area contributed by atoms with Crippen LogP contribution in [-0.2, 0) is 20.8 Å². The fourth-order valence-electron chi connectivity index (χ4n) is 2.21. The molecule has 5 nitrogen and oxygen atoms in total. The summed E-state index contributed by atoms with van der Waals surface area (Å²) in [5.41, 5.74) is 1.40. The van der Waals surface area contributed by atoms with E-state index in [0.29, 0.717) is 18.7 Å². The van der Waals surface area contributed by atoms with Gasteiger partial charge in [0.2, 0.25) is 5.91 Å². The standard InChI is InChI=1S/C17H21NO4/c1-2-16(19)18-11-13-6-8-14(9-7-13)17(20)22-12-15-5-3-4-10-21-15/h2,6-9,15H,1,3-5,10-12H2,(H,18,19). The molecule has 1 aliphatic rings. The van der Waals surface area contributed by atoms with Crippen LogP contribution in [0.15, 0.2) is 36.9 Å². The average molecular weight is 303 g/mol. The molecule has 1 saturated heterocycles. The van der Waals surface area contributed by atoms with Crippen molar-refractivity contribution in [3.63, 3.8) is 0 Å². The summed E-state index contributed by atoms with van der Waals surface area (Å²) in [5, 5.41) is 2.68. The topological polar surface area (TPSA) is 64.6 Å². The zero-order valence-electron chi connectivity index (χ0n) is 12.5. The van der Waals surface area contributed by atoms with E-state index >= 15 is 0 Å². The van der Waals surface area contributed by atoms with E-state index < -0.39 is 0 Å². The van der Waals surface area contributed by atoms with Gasteiger partial charge in [0.1, 0.15) is 6.61 Å². The Labute approximate surface area is 130 Å². The lowest BCUT2D eigenvalue weighted by atomic mass is 10.1. The highest BCUT2D eigenvalue weighted by molar-refractivity contribution is 5.89. The molecule has 0 aliphatic carbocycles. The number of rotatable bonds is 6. The normalized spacial score (nSPS) is 17.5. The molecule has 1 aromatic rings. The van der Waals surface area contributed by atoms with Gasteiger partial charge < -0.3 is 14.8 Å². The third-order valence-electron chi connectivity index (χ3n) is 3.52. The first-order valence-electron chi connectivity index (χ1n) is 7.47. The highest BCUT2D eigenvalue weighted by Gasteiger charge is 2.16. The molecule has 1 fully saturated rings. The first-order chi connectivity index (χ1) is 10.7. The number of amides is 1. The van der Waals surface area contributed by atoms with Gasteiger partial charge in [0, 0.05) is 13.2 Å². The molecule has 2 rings (SSSR count). The Morgan fingerprint density at radius 3 is 2.73 bits per heavy atom. The number of carbonyl (C=O) groups excluding carboxylic acids is 2. The van der Waals surface area contributed by atoms with Crippen LogP contribution in [0, 0.1) is 0 Å². The third kappa shape index (κ3) is 5.00. The molecule has 118 valence electrons. The minimum Gasteiger partial charge on any atom is -0.459 e. The second kappa shape index (κ2) is 8.34. The van der Waals surface area contributed by atoms with E-state index in [1.165, 1.54) is 6.08 Å². The number of carbonyl (C=O) groups is 2. The van der Waals surface area contributed by atoms with Crippen LogP contribution in [-0.4, -0.2) is 31.2 Å². The van der Waals surface area contributed by atoms with Crippen molar-refractivity contribution < 1.29 is 19.1 Å². The summed E-state index contributed by atoms with van der Waals surface area (Å²) >= 11 is 0. The maximum atomic E-state index is 12.0. The third-order valence-corrected chi connectivity index (χ3v) is 3.52. The van der Waals surface area contributed by atoms with Crippen molar-refractivity contribution >= 4 is 11.9 Å². The van der Waals surface area contributed by atoms with E-state index in [1.54, 1.807) is 24.3 Å². The molecular weight excluding hydrogens is 282 g/mol. The van der Waals surface area contributed by atoms with E-state index in [2.05, 4.69) is 11.9 Å². The van der Waals surface area contributed by atoms with Crippen molar-refractivity contribution in [1.29, 1.82) is 0 Å². The van der Waals surface area contributed by atoms with Crippen LogP contribution in [0.25, 0.3) is 0 Å². The molecule has 1 heterocycles. The number of nitrogens with one attached hydrogen (secondary N) is 1. The van der Waals surface area contributed by atoms with Gasteiger partial charge in [0.25, 0.3) is 0 Å². The summed E-state index contributed by atoms with van der Waals surface area (Å²) in [5.74, 6) is -0.577. The number of hydrogen-bond donors (Lipinski definition) is 1. The molecular formula is C17H21NO4. The van der Waals surface area contributed by atoms with Gasteiger partial charge >= 0.3 is 5.97 Å². The number of ether oxygens (including phenoxy) is 2. The lowest BCUT2D eigenvalue weighted by molar-refractivity contribution is -0.116. The van der Waals surface area contributed by atoms with Crippen LogP contribution in [0.4, 0.5) is 0 Å². The van der Waals surface area contributed by atoms with Crippen LogP contribution in [0.5, 0.6) is 0 Å². The van der Waals surface area contributed by atoms with Crippen LogP contribution < -0.4 is 5.32 Å². The molecule has 1 unspecified atom stereocenters. The Hall–Kier alpha value is -2.14. The van der Waals surface area contributed by atoms with Gasteiger partial charge in [0.05, 0.1) is 11.7 Å². The highest BCUT2D eigenvalue weighted by Crippen LogP contribution is 2.14. The van der Waals surface area contributed by atoms with Gasteiger partial charge in [-0.3, -0.25) is 4.79 Å². The maximum absolute atomic E-state index is 12.0. The smallest absolute Gasteiger partial charge is 0.338 e. The minimum absolute atomic E-state index is 0.0195. The summed E-state index contributed by atoms with van der Waals surface area (Å²) in [6.07, 6.45) is 4.38. The molecule has 1 aliphatic heterocycles. The van der Waals surface area contributed by atoms with E-state index in [0.717, 1.165) is 31.4 Å². The molecule has 0 spiro atoms. The zero-order chi connectivity index (χ0) is 15.8. The highest BCUT2D eigenvalue weighted by atomic mass is 16.6. The van der Waals surface area contributed by atoms with E-state index in [9.17, 15) is 9.59 Å². The monoisotopic (exact) mass is 303 g/mol. The van der Waals surface area contributed by atoms with Gasteiger partial charge in [0.15, 0.2) is 0 Å². The summed E-state index contributed by atoms with van der Waals surface area (Å²) in [4.78, 5) is 23.0. The van der Waals surface area contributed by atoms with E-state index in [1.807, 2.05) is 0 Å². The number of esters is 1. The van der Waals surface area contributed by atoms with Crippen LogP contribution in [0.3, 0.4) is 0 Å². The molecule has 22 heavy (non-hydrogen) atoms. The molecule has 5 heteroatoms. The summed E-state index contributed by atoms with van der Waals surface area (Å²) in [6.45, 7) is 4.83. The summed E-state index contributed by atoms with van der Waals surface area (Å²) in [6, 6.07) is 6.97. The first kappa shape index (κ1) is 16.2. The van der Waals surface area contributed by atoms with Gasteiger partial charge in [-0.1, -0.05) is 18.7 Å². The van der Waals surface area contributed by atoms with Crippen LogP contribution in [0.2, 0.25) is 0 Å². The Morgan fingerprint density at radius 2 is 2.09 bits per heavy atom. The zero-order valence-corrected chi connectivity index (χ0v) is 12.5. The quantitative estimate of drug-likeness (QED) is 0.646. The van der Waals surface area contributed by atoms with Crippen molar-refractivity contribution in [3.05, 3.63) is 48.0 Å².